The van der Waals surface area contributed by atoms with Gasteiger partial charge in [-0.15, -0.1) is 0 Å². The normalized spacial score (nSPS) is 17.0. The molecule has 106 valence electrons. The van der Waals surface area contributed by atoms with Gasteiger partial charge in [-0.25, -0.2) is 12.7 Å². The van der Waals surface area contributed by atoms with Crippen LogP contribution in [-0.2, 0) is 10.0 Å². The Labute approximate surface area is 123 Å². The van der Waals surface area contributed by atoms with Crippen LogP contribution in [0.5, 0.6) is 0 Å². The molecule has 0 N–H and O–H groups in total. The number of aldehydes is 1. The molecule has 2 bridgehead atoms. The van der Waals surface area contributed by atoms with Gasteiger partial charge in [0, 0.05) is 23.9 Å². The quantitative estimate of drug-likeness (QED) is 0.806. The molecule has 0 unspecified atom stereocenters. The number of fused-ring (bicyclic) bond motifs is 2. The average Bonchev–Trinajstić information content (AvgIpc) is 2.68. The van der Waals surface area contributed by atoms with Crippen LogP contribution in [0.3, 0.4) is 0 Å². The van der Waals surface area contributed by atoms with Gasteiger partial charge in [-0.1, -0.05) is 30.4 Å². The van der Waals surface area contributed by atoms with E-state index in [0.717, 1.165) is 5.57 Å². The van der Waals surface area contributed by atoms with Gasteiger partial charge in [0.25, 0.3) is 10.0 Å². The maximum Gasteiger partial charge on any atom is 0.267 e. The molecule has 0 amide bonds. The highest BCUT2D eigenvalue weighted by Gasteiger charge is 2.27. The van der Waals surface area contributed by atoms with Crippen molar-refractivity contribution in [1.82, 2.24) is 4.31 Å². The van der Waals surface area contributed by atoms with Gasteiger partial charge in [-0.3, -0.25) is 4.79 Å². The summed E-state index contributed by atoms with van der Waals surface area (Å²) < 4.78 is 26.8. The molecule has 1 aliphatic carbocycles. The van der Waals surface area contributed by atoms with E-state index < -0.39 is 10.0 Å². The summed E-state index contributed by atoms with van der Waals surface area (Å²) in [5.74, 6) is 0. The van der Waals surface area contributed by atoms with Crippen molar-refractivity contribution in [2.75, 3.05) is 0 Å². The van der Waals surface area contributed by atoms with Crippen LogP contribution >= 0.6 is 0 Å². The van der Waals surface area contributed by atoms with E-state index in [1.807, 2.05) is 18.2 Å². The number of carbonyl (C=O) groups is 1. The Morgan fingerprint density at radius 2 is 1.95 bits per heavy atom. The molecule has 0 aromatic heterocycles. The molecule has 4 nitrogen and oxygen atoms in total. The minimum atomic E-state index is -3.70. The van der Waals surface area contributed by atoms with Gasteiger partial charge >= 0.3 is 0 Å². The zero-order chi connectivity index (χ0) is 14.9. The molecule has 1 aliphatic heterocycles. The molecule has 0 radical (unpaired) electrons. The second-order valence-corrected chi connectivity index (χ2v) is 6.58. The van der Waals surface area contributed by atoms with Crippen molar-refractivity contribution in [2.24, 2.45) is 0 Å². The Morgan fingerprint density at radius 3 is 2.76 bits per heavy atom. The lowest BCUT2D eigenvalue weighted by atomic mass is 10.1. The minimum Gasteiger partial charge on any atom is -0.298 e. The molecular weight excluding hydrogens is 286 g/mol. The van der Waals surface area contributed by atoms with Gasteiger partial charge in [0.1, 0.15) is 6.29 Å². The molecule has 5 heteroatoms. The number of carbonyl (C=O) groups excluding carboxylic acids is 1. The minimum absolute atomic E-state index is 0.110. The Bertz CT molecular complexity index is 814. The van der Waals surface area contributed by atoms with Crippen LogP contribution < -0.4 is 0 Å². The second kappa shape index (κ2) is 5.18. The van der Waals surface area contributed by atoms with Gasteiger partial charge < -0.3 is 0 Å². The third kappa shape index (κ3) is 2.48. The Morgan fingerprint density at radius 1 is 1.14 bits per heavy atom. The number of allylic oxidation sites excluding steroid dienone is 6. The lowest BCUT2D eigenvalue weighted by Crippen LogP contribution is -2.27. The van der Waals surface area contributed by atoms with Gasteiger partial charge in [0.2, 0.25) is 0 Å². The standard InChI is InChI=1S/C16H13NO3S/c18-12-14-5-3-7-16(11-14)21(19,20)17-9-8-13-4-1-2-6-15(17)10-13/h1-9,11-12H,10H2. The van der Waals surface area contributed by atoms with Crippen molar-refractivity contribution < 1.29 is 13.2 Å². The fraction of sp³-hybridized carbons (Fsp3) is 0.0625. The molecule has 2 aliphatic rings. The van der Waals surface area contributed by atoms with Crippen LogP contribution in [0.15, 0.2) is 77.0 Å². The molecule has 1 aromatic rings. The molecule has 0 fully saturated rings. The summed E-state index contributed by atoms with van der Waals surface area (Å²) in [6, 6.07) is 6.02. The van der Waals surface area contributed by atoms with Crippen molar-refractivity contribution in [3.63, 3.8) is 0 Å². The zero-order valence-corrected chi connectivity index (χ0v) is 12.0. The molecule has 0 spiro atoms. The molecule has 0 atom stereocenters. The molecule has 21 heavy (non-hydrogen) atoms. The fourth-order valence-corrected chi connectivity index (χ4v) is 3.71. The number of hydrogen-bond donors (Lipinski definition) is 0. The van der Waals surface area contributed by atoms with E-state index in [9.17, 15) is 13.2 Å². The number of rotatable bonds is 3. The van der Waals surface area contributed by atoms with E-state index in [2.05, 4.69) is 0 Å². The summed E-state index contributed by atoms with van der Waals surface area (Å²) in [5.41, 5.74) is 2.09. The first-order chi connectivity index (χ1) is 10.1. The van der Waals surface area contributed by atoms with Crippen LogP contribution in [0.2, 0.25) is 0 Å². The lowest BCUT2D eigenvalue weighted by Gasteiger charge is -2.26. The van der Waals surface area contributed by atoms with E-state index >= 15 is 0 Å². The molecule has 0 saturated carbocycles. The SMILES string of the molecule is O=Cc1cccc(S(=O)(=O)N2C=CC3=CC=CC=C2C3)c1. The molecular formula is C16H13NO3S. The third-order valence-corrected chi connectivity index (χ3v) is 5.08. The molecule has 3 rings (SSSR count). The van der Waals surface area contributed by atoms with E-state index in [0.29, 0.717) is 24.0 Å². The second-order valence-electron chi connectivity index (χ2n) is 4.77. The predicted octanol–water partition coefficient (Wildman–Crippen LogP) is 2.79. The van der Waals surface area contributed by atoms with Crippen molar-refractivity contribution in [1.29, 1.82) is 0 Å². The maximum atomic E-state index is 12.7. The smallest absolute Gasteiger partial charge is 0.267 e. The van der Waals surface area contributed by atoms with E-state index in [1.165, 1.54) is 16.4 Å². The van der Waals surface area contributed by atoms with Gasteiger partial charge in [-0.2, -0.15) is 0 Å². The highest BCUT2D eigenvalue weighted by atomic mass is 32.2. The first-order valence-corrected chi connectivity index (χ1v) is 7.89. The summed E-state index contributed by atoms with van der Waals surface area (Å²) >= 11 is 0. The Kier molecular flexibility index (Phi) is 3.35. The highest BCUT2D eigenvalue weighted by Crippen LogP contribution is 2.30. The predicted molar refractivity (Wildman–Crippen MR) is 79.9 cm³/mol. The summed E-state index contributed by atoms with van der Waals surface area (Å²) in [7, 11) is -3.70. The average molecular weight is 299 g/mol. The van der Waals surface area contributed by atoms with Crippen LogP contribution in [0.1, 0.15) is 16.8 Å². The number of hydrogen-bond acceptors (Lipinski definition) is 3. The lowest BCUT2D eigenvalue weighted by molar-refractivity contribution is 0.112. The highest BCUT2D eigenvalue weighted by molar-refractivity contribution is 7.89. The molecule has 1 aromatic carbocycles. The van der Waals surface area contributed by atoms with E-state index in [1.54, 1.807) is 30.5 Å². The van der Waals surface area contributed by atoms with Crippen LogP contribution in [0.25, 0.3) is 0 Å². The van der Waals surface area contributed by atoms with E-state index in [-0.39, 0.29) is 4.90 Å². The molecule has 1 heterocycles. The van der Waals surface area contributed by atoms with Crippen molar-refractivity contribution in [3.05, 3.63) is 77.7 Å². The van der Waals surface area contributed by atoms with Crippen molar-refractivity contribution >= 4 is 16.3 Å². The molecule has 0 saturated heterocycles. The number of sulfonamides is 1. The van der Waals surface area contributed by atoms with Crippen LogP contribution in [0.4, 0.5) is 0 Å². The summed E-state index contributed by atoms with van der Waals surface area (Å²) in [5, 5.41) is 0. The first kappa shape index (κ1) is 13.6. The summed E-state index contributed by atoms with van der Waals surface area (Å²) in [4.78, 5) is 10.9. The monoisotopic (exact) mass is 299 g/mol. The number of benzene rings is 1. The summed E-state index contributed by atoms with van der Waals surface area (Å²) in [6.45, 7) is 0. The largest absolute Gasteiger partial charge is 0.298 e. The van der Waals surface area contributed by atoms with Crippen molar-refractivity contribution in [2.45, 2.75) is 11.3 Å². The Balaban J connectivity index is 2.08. The van der Waals surface area contributed by atoms with Gasteiger partial charge in [-0.05, 0) is 29.9 Å². The number of nitrogens with zero attached hydrogens (tertiary/aromatic N) is 1. The zero-order valence-electron chi connectivity index (χ0n) is 11.1. The fourth-order valence-electron chi connectivity index (χ4n) is 2.29. The third-order valence-electron chi connectivity index (χ3n) is 3.35. The first-order valence-electron chi connectivity index (χ1n) is 6.45. The van der Waals surface area contributed by atoms with Gasteiger partial charge in [0.15, 0.2) is 0 Å². The van der Waals surface area contributed by atoms with Crippen LogP contribution in [-0.4, -0.2) is 19.0 Å². The Hall–Kier alpha value is -2.40. The topological polar surface area (TPSA) is 54.5 Å². The van der Waals surface area contributed by atoms with E-state index in [4.69, 9.17) is 0 Å². The maximum absolute atomic E-state index is 12.7. The van der Waals surface area contributed by atoms with Crippen LogP contribution in [0, 0.1) is 0 Å². The summed E-state index contributed by atoms with van der Waals surface area (Å²) in [6.07, 6.45) is 12.0. The van der Waals surface area contributed by atoms with Gasteiger partial charge in [0.05, 0.1) is 4.90 Å². The van der Waals surface area contributed by atoms with Crippen molar-refractivity contribution in [3.8, 4) is 0 Å².